The average Bonchev–Trinajstić information content (AvgIpc) is 3.22. The molecule has 3 aromatic rings. The second-order valence-corrected chi connectivity index (χ2v) is 8.65. The molecule has 0 aliphatic rings. The fourth-order valence-corrected chi connectivity index (χ4v) is 4.52. The number of aromatic nitrogens is 2. The molecule has 2 N–H and O–H groups in total. The summed E-state index contributed by atoms with van der Waals surface area (Å²) in [6.45, 7) is 0. The highest BCUT2D eigenvalue weighted by molar-refractivity contribution is 9.10. The summed E-state index contributed by atoms with van der Waals surface area (Å²) in [5, 5.41) is 26.0. The minimum Gasteiger partial charge on any atom is -0.330 e. The average molecular weight is 452 g/mol. The molecule has 2 aromatic heterocycles. The predicted molar refractivity (Wildman–Crippen MR) is 106 cm³/mol. The van der Waals surface area contributed by atoms with Crippen molar-refractivity contribution in [2.45, 2.75) is 4.34 Å². The predicted octanol–water partition coefficient (Wildman–Crippen LogP) is 4.71. The molecule has 0 unspecified atom stereocenters. The first-order chi connectivity index (χ1) is 12.1. The molecule has 10 heteroatoms. The number of nitrogens with zero attached hydrogens (tertiary/aromatic N) is 3. The molecule has 25 heavy (non-hydrogen) atoms. The largest absolute Gasteiger partial charge is 0.330 e. The minimum atomic E-state index is -0.180. The van der Waals surface area contributed by atoms with Crippen LogP contribution < -0.4 is 10.6 Å². The van der Waals surface area contributed by atoms with E-state index >= 15 is 0 Å². The van der Waals surface area contributed by atoms with Crippen LogP contribution in [0.4, 0.5) is 15.8 Å². The number of hydrogen-bond acceptors (Lipinski definition) is 8. The van der Waals surface area contributed by atoms with Crippen molar-refractivity contribution in [3.63, 3.8) is 0 Å². The Kier molecular flexibility index (Phi) is 6.04. The Morgan fingerprint density at radius 3 is 3.04 bits per heavy atom. The summed E-state index contributed by atoms with van der Waals surface area (Å²) < 4.78 is 1.66. The van der Waals surface area contributed by atoms with Gasteiger partial charge in [0.05, 0.1) is 11.3 Å². The molecule has 1 aromatic carbocycles. The standard InChI is InChI=1S/C15H10BrN5OS3/c16-10-2-1-3-11(6-10)18-14-20-21-15(25-14)24-8-12(22)19-13-9(7-17)4-5-23-13/h1-6H,8H2,(H,18,20)(H,19,22). The summed E-state index contributed by atoms with van der Waals surface area (Å²) in [6, 6.07) is 11.5. The lowest BCUT2D eigenvalue weighted by atomic mass is 10.3. The highest BCUT2D eigenvalue weighted by Crippen LogP contribution is 2.29. The monoisotopic (exact) mass is 451 g/mol. The number of halogens is 1. The number of thioether (sulfide) groups is 1. The molecule has 0 radical (unpaired) electrons. The highest BCUT2D eigenvalue weighted by Gasteiger charge is 2.11. The Balaban J connectivity index is 1.53. The van der Waals surface area contributed by atoms with Crippen LogP contribution >= 0.6 is 50.4 Å². The van der Waals surface area contributed by atoms with Crippen molar-refractivity contribution in [2.24, 2.45) is 0 Å². The van der Waals surface area contributed by atoms with Gasteiger partial charge in [-0.3, -0.25) is 4.79 Å². The molecule has 126 valence electrons. The maximum Gasteiger partial charge on any atom is 0.235 e. The molecule has 1 amide bonds. The fourth-order valence-electron chi connectivity index (χ4n) is 1.79. The van der Waals surface area contributed by atoms with Gasteiger partial charge in [-0.25, -0.2) is 0 Å². The van der Waals surface area contributed by atoms with Crippen LogP contribution in [0.15, 0.2) is 44.5 Å². The summed E-state index contributed by atoms with van der Waals surface area (Å²) >= 11 is 7.42. The van der Waals surface area contributed by atoms with Crippen LogP contribution in [0.2, 0.25) is 0 Å². The van der Waals surface area contributed by atoms with E-state index in [0.717, 1.165) is 10.2 Å². The second kappa shape index (κ2) is 8.44. The summed E-state index contributed by atoms with van der Waals surface area (Å²) in [5.74, 6) is 0.0227. The molecule has 3 rings (SSSR count). The van der Waals surface area contributed by atoms with E-state index < -0.39 is 0 Å². The van der Waals surface area contributed by atoms with Crippen LogP contribution in [0.25, 0.3) is 0 Å². The topological polar surface area (TPSA) is 90.7 Å². The molecular formula is C15H10BrN5OS3. The highest BCUT2D eigenvalue weighted by atomic mass is 79.9. The number of rotatable bonds is 6. The van der Waals surface area contributed by atoms with Gasteiger partial charge in [0.15, 0.2) is 4.34 Å². The maximum atomic E-state index is 12.0. The van der Waals surface area contributed by atoms with Crippen LogP contribution in [0.1, 0.15) is 5.56 Å². The third-order valence-corrected chi connectivity index (χ3v) is 6.14. The Hall–Kier alpha value is -1.93. The lowest BCUT2D eigenvalue weighted by Gasteiger charge is -2.02. The minimum absolute atomic E-state index is 0.180. The van der Waals surface area contributed by atoms with Gasteiger partial charge >= 0.3 is 0 Å². The fraction of sp³-hybridized carbons (Fsp3) is 0.0667. The van der Waals surface area contributed by atoms with Crippen molar-refractivity contribution in [1.82, 2.24) is 10.2 Å². The molecule has 0 fully saturated rings. The van der Waals surface area contributed by atoms with E-state index in [1.165, 1.54) is 34.4 Å². The van der Waals surface area contributed by atoms with E-state index in [1.54, 1.807) is 11.4 Å². The Bertz CT molecular complexity index is 933. The summed E-state index contributed by atoms with van der Waals surface area (Å²) in [4.78, 5) is 12.0. The summed E-state index contributed by atoms with van der Waals surface area (Å²) in [7, 11) is 0. The maximum absolute atomic E-state index is 12.0. The first kappa shape index (κ1) is 17.9. The molecule has 0 atom stereocenters. The third-order valence-electron chi connectivity index (χ3n) is 2.85. The van der Waals surface area contributed by atoms with Crippen molar-refractivity contribution in [3.05, 3.63) is 45.7 Å². The van der Waals surface area contributed by atoms with Gasteiger partial charge in [-0.2, -0.15) is 5.26 Å². The zero-order chi connectivity index (χ0) is 17.6. The van der Waals surface area contributed by atoms with Gasteiger partial charge in [0, 0.05) is 10.2 Å². The number of hydrogen-bond donors (Lipinski definition) is 2. The van der Waals surface area contributed by atoms with Crippen molar-refractivity contribution < 1.29 is 4.79 Å². The zero-order valence-corrected chi connectivity index (χ0v) is 16.6. The number of amides is 1. The lowest BCUT2D eigenvalue weighted by molar-refractivity contribution is -0.113. The number of thiophene rings is 1. The van der Waals surface area contributed by atoms with Gasteiger partial charge in [-0.1, -0.05) is 45.1 Å². The molecule has 6 nitrogen and oxygen atoms in total. The van der Waals surface area contributed by atoms with Crippen LogP contribution in [0.3, 0.4) is 0 Å². The van der Waals surface area contributed by atoms with Gasteiger partial charge in [0.1, 0.15) is 11.1 Å². The van der Waals surface area contributed by atoms with E-state index in [9.17, 15) is 4.79 Å². The van der Waals surface area contributed by atoms with Gasteiger partial charge in [-0.15, -0.1) is 21.5 Å². The van der Waals surface area contributed by atoms with Gasteiger partial charge in [0.25, 0.3) is 0 Å². The van der Waals surface area contributed by atoms with Gasteiger partial charge in [0.2, 0.25) is 11.0 Å². The molecule has 0 bridgehead atoms. The third kappa shape index (κ3) is 5.02. The lowest BCUT2D eigenvalue weighted by Crippen LogP contribution is -2.13. The summed E-state index contributed by atoms with van der Waals surface area (Å²) in [6.07, 6.45) is 0. The Morgan fingerprint density at radius 2 is 2.24 bits per heavy atom. The van der Waals surface area contributed by atoms with Crippen molar-refractivity contribution in [2.75, 3.05) is 16.4 Å². The summed E-state index contributed by atoms with van der Waals surface area (Å²) in [5.41, 5.74) is 1.38. The number of carbonyl (C=O) groups is 1. The molecule has 0 saturated heterocycles. The van der Waals surface area contributed by atoms with E-state index in [2.05, 4.69) is 36.8 Å². The molecular weight excluding hydrogens is 442 g/mol. The van der Waals surface area contributed by atoms with E-state index in [0.29, 0.717) is 20.0 Å². The normalized spacial score (nSPS) is 10.2. The number of carbonyl (C=O) groups excluding carboxylic acids is 1. The molecule has 0 aliphatic carbocycles. The number of anilines is 3. The SMILES string of the molecule is N#Cc1ccsc1NC(=O)CSc1nnc(Nc2cccc(Br)c2)s1. The molecule has 0 aliphatic heterocycles. The van der Waals surface area contributed by atoms with E-state index in [-0.39, 0.29) is 11.7 Å². The van der Waals surface area contributed by atoms with Crippen LogP contribution in [0.5, 0.6) is 0 Å². The quantitative estimate of drug-likeness (QED) is 0.527. The van der Waals surface area contributed by atoms with Crippen LogP contribution in [-0.4, -0.2) is 21.9 Å². The van der Waals surface area contributed by atoms with Gasteiger partial charge in [-0.05, 0) is 29.6 Å². The Morgan fingerprint density at radius 1 is 1.36 bits per heavy atom. The van der Waals surface area contributed by atoms with E-state index in [4.69, 9.17) is 5.26 Å². The van der Waals surface area contributed by atoms with Crippen molar-refractivity contribution >= 4 is 72.1 Å². The number of nitrogens with one attached hydrogen (secondary N) is 2. The van der Waals surface area contributed by atoms with Crippen LogP contribution in [-0.2, 0) is 4.79 Å². The Labute approximate surface area is 164 Å². The number of nitriles is 1. The first-order valence-electron chi connectivity index (χ1n) is 6.90. The van der Waals surface area contributed by atoms with Crippen LogP contribution in [0, 0.1) is 11.3 Å². The first-order valence-corrected chi connectivity index (χ1v) is 10.4. The molecule has 0 saturated carbocycles. The number of benzene rings is 1. The van der Waals surface area contributed by atoms with Crippen molar-refractivity contribution in [3.8, 4) is 6.07 Å². The second-order valence-electron chi connectivity index (χ2n) is 4.62. The zero-order valence-electron chi connectivity index (χ0n) is 12.5. The molecule has 0 spiro atoms. The molecule has 2 heterocycles. The van der Waals surface area contributed by atoms with Crippen molar-refractivity contribution in [1.29, 1.82) is 5.26 Å². The van der Waals surface area contributed by atoms with E-state index in [1.807, 2.05) is 30.3 Å². The van der Waals surface area contributed by atoms with Gasteiger partial charge < -0.3 is 10.6 Å². The smallest absolute Gasteiger partial charge is 0.235 e.